The zero-order valence-electron chi connectivity index (χ0n) is 12.3. The quantitative estimate of drug-likeness (QED) is 0.708. The van der Waals surface area contributed by atoms with E-state index < -0.39 is 27.8 Å². The predicted octanol–water partition coefficient (Wildman–Crippen LogP) is -1.03. The Morgan fingerprint density at radius 1 is 1.05 bits per heavy atom. The summed E-state index contributed by atoms with van der Waals surface area (Å²) in [5.41, 5.74) is 0. The summed E-state index contributed by atoms with van der Waals surface area (Å²) in [4.78, 5) is 25.7. The van der Waals surface area contributed by atoms with Gasteiger partial charge in [0.2, 0.25) is 15.9 Å². The van der Waals surface area contributed by atoms with Gasteiger partial charge in [0.15, 0.2) is 0 Å². The highest BCUT2D eigenvalue weighted by Gasteiger charge is 2.56. The molecule has 3 aliphatic rings. The molecule has 4 atom stereocenters. The fourth-order valence-corrected chi connectivity index (χ4v) is 4.58. The zero-order valence-corrected chi connectivity index (χ0v) is 13.2. The van der Waals surface area contributed by atoms with Gasteiger partial charge in [-0.2, -0.15) is 4.31 Å². The van der Waals surface area contributed by atoms with Crippen molar-refractivity contribution in [3.05, 3.63) is 0 Å². The Morgan fingerprint density at radius 3 is 2.09 bits per heavy atom. The van der Waals surface area contributed by atoms with E-state index in [1.165, 1.54) is 4.31 Å². The molecule has 2 bridgehead atoms. The molecule has 0 unspecified atom stereocenters. The molecular weight excluding hydrogens is 312 g/mol. The van der Waals surface area contributed by atoms with Crippen LogP contribution >= 0.6 is 0 Å². The average molecular weight is 332 g/mol. The highest BCUT2D eigenvalue weighted by atomic mass is 32.2. The molecule has 3 aliphatic heterocycles. The number of carbonyl (C=O) groups is 2. The van der Waals surface area contributed by atoms with Crippen molar-refractivity contribution in [1.29, 1.82) is 0 Å². The number of fused-ring (bicyclic) bond motifs is 2. The molecule has 1 amide bonds. The maximum absolute atomic E-state index is 12.7. The molecule has 3 heterocycles. The van der Waals surface area contributed by atoms with E-state index in [1.54, 1.807) is 4.90 Å². The Bertz CT molecular complexity index is 583. The van der Waals surface area contributed by atoms with Gasteiger partial charge in [0.1, 0.15) is 0 Å². The molecule has 0 aliphatic carbocycles. The van der Waals surface area contributed by atoms with Gasteiger partial charge in [-0.3, -0.25) is 9.59 Å². The number of carboxylic acids is 1. The van der Waals surface area contributed by atoms with Crippen molar-refractivity contribution in [3.8, 4) is 0 Å². The number of sulfonamides is 1. The monoisotopic (exact) mass is 332 g/mol. The SMILES string of the molecule is CS(=O)(=O)N1CCN(C(=O)[C@H]2[C@@H](C(=O)O)[C@H]3CC[C@H]2O3)CC1. The van der Waals surface area contributed by atoms with Crippen molar-refractivity contribution in [3.63, 3.8) is 0 Å². The Morgan fingerprint density at radius 2 is 1.59 bits per heavy atom. The molecule has 0 saturated carbocycles. The van der Waals surface area contributed by atoms with Crippen LogP contribution in [-0.4, -0.2) is 79.2 Å². The van der Waals surface area contributed by atoms with Crippen LogP contribution in [0.1, 0.15) is 12.8 Å². The van der Waals surface area contributed by atoms with Gasteiger partial charge in [-0.1, -0.05) is 0 Å². The molecule has 0 radical (unpaired) electrons. The molecule has 3 saturated heterocycles. The lowest BCUT2D eigenvalue weighted by molar-refractivity contribution is -0.151. The molecule has 9 heteroatoms. The number of aliphatic carboxylic acids is 1. The van der Waals surface area contributed by atoms with E-state index in [9.17, 15) is 23.1 Å². The smallest absolute Gasteiger partial charge is 0.310 e. The lowest BCUT2D eigenvalue weighted by Gasteiger charge is -2.36. The minimum absolute atomic E-state index is 0.215. The number of hydrogen-bond donors (Lipinski definition) is 1. The molecule has 0 aromatic rings. The second-order valence-electron chi connectivity index (χ2n) is 6.17. The lowest BCUT2D eigenvalue weighted by Crippen LogP contribution is -2.54. The van der Waals surface area contributed by atoms with Crippen molar-refractivity contribution in [1.82, 2.24) is 9.21 Å². The van der Waals surface area contributed by atoms with Gasteiger partial charge in [0, 0.05) is 26.2 Å². The van der Waals surface area contributed by atoms with Crippen LogP contribution in [0.4, 0.5) is 0 Å². The maximum Gasteiger partial charge on any atom is 0.310 e. The topological polar surface area (TPSA) is 104 Å². The van der Waals surface area contributed by atoms with E-state index in [1.807, 2.05) is 0 Å². The molecule has 1 N–H and O–H groups in total. The Labute approximate surface area is 129 Å². The van der Waals surface area contributed by atoms with E-state index in [4.69, 9.17) is 4.74 Å². The summed E-state index contributed by atoms with van der Waals surface area (Å²) < 4.78 is 29.9. The van der Waals surface area contributed by atoms with Gasteiger partial charge >= 0.3 is 5.97 Å². The van der Waals surface area contributed by atoms with Crippen LogP contribution < -0.4 is 0 Å². The average Bonchev–Trinajstić information content (AvgIpc) is 3.06. The summed E-state index contributed by atoms with van der Waals surface area (Å²) in [5.74, 6) is -2.62. The Hall–Kier alpha value is -1.19. The maximum atomic E-state index is 12.7. The van der Waals surface area contributed by atoms with E-state index >= 15 is 0 Å². The highest BCUT2D eigenvalue weighted by Crippen LogP contribution is 2.44. The molecule has 124 valence electrons. The highest BCUT2D eigenvalue weighted by molar-refractivity contribution is 7.88. The number of carboxylic acid groups (broad SMARTS) is 1. The first-order chi connectivity index (χ1) is 10.3. The van der Waals surface area contributed by atoms with E-state index in [2.05, 4.69) is 0 Å². The Kier molecular flexibility index (Phi) is 3.90. The Balaban J connectivity index is 1.69. The zero-order chi connectivity index (χ0) is 16.1. The molecule has 3 fully saturated rings. The van der Waals surface area contributed by atoms with Gasteiger partial charge in [-0.05, 0) is 12.8 Å². The number of amides is 1. The van der Waals surface area contributed by atoms with Crippen molar-refractivity contribution in [2.45, 2.75) is 25.0 Å². The summed E-state index contributed by atoms with van der Waals surface area (Å²) in [6.45, 7) is 1.10. The normalized spacial score (nSPS) is 35.8. The van der Waals surface area contributed by atoms with E-state index in [0.29, 0.717) is 25.9 Å². The van der Waals surface area contributed by atoms with Crippen LogP contribution in [-0.2, 0) is 24.3 Å². The standard InChI is InChI=1S/C13H20N2O6S/c1-22(19,20)15-6-4-14(5-7-15)12(16)10-8-2-3-9(21-8)11(10)13(17)18/h8-11H,2-7H2,1H3,(H,17,18)/t8-,9-,10-,11+/m1/s1. The minimum atomic E-state index is -3.25. The minimum Gasteiger partial charge on any atom is -0.481 e. The van der Waals surface area contributed by atoms with E-state index in [-0.39, 0.29) is 31.2 Å². The molecule has 3 rings (SSSR count). The lowest BCUT2D eigenvalue weighted by atomic mass is 9.78. The molecular formula is C13H20N2O6S. The summed E-state index contributed by atoms with van der Waals surface area (Å²) in [6.07, 6.45) is 1.87. The first-order valence-electron chi connectivity index (χ1n) is 7.41. The van der Waals surface area contributed by atoms with Crippen molar-refractivity contribution >= 4 is 21.9 Å². The molecule has 8 nitrogen and oxygen atoms in total. The van der Waals surface area contributed by atoms with E-state index in [0.717, 1.165) is 6.26 Å². The van der Waals surface area contributed by atoms with Gasteiger partial charge in [0.25, 0.3) is 0 Å². The third-order valence-electron chi connectivity index (χ3n) is 4.86. The molecule has 0 aromatic carbocycles. The van der Waals surface area contributed by atoms with Crippen LogP contribution in [0.15, 0.2) is 0 Å². The van der Waals surface area contributed by atoms with Gasteiger partial charge < -0.3 is 14.7 Å². The molecule has 0 spiro atoms. The summed E-state index contributed by atoms with van der Waals surface area (Å²) in [7, 11) is -3.25. The third kappa shape index (κ3) is 2.61. The molecule has 0 aromatic heterocycles. The number of hydrogen-bond acceptors (Lipinski definition) is 5. The van der Waals surface area contributed by atoms with Crippen LogP contribution in [0.2, 0.25) is 0 Å². The number of ether oxygens (including phenoxy) is 1. The van der Waals surface area contributed by atoms with Crippen LogP contribution in [0, 0.1) is 11.8 Å². The van der Waals surface area contributed by atoms with Gasteiger partial charge in [0.05, 0.1) is 30.3 Å². The summed E-state index contributed by atoms with van der Waals surface area (Å²) >= 11 is 0. The van der Waals surface area contributed by atoms with Crippen LogP contribution in [0.25, 0.3) is 0 Å². The van der Waals surface area contributed by atoms with Crippen molar-refractivity contribution in [2.75, 3.05) is 32.4 Å². The first kappa shape index (κ1) is 15.7. The summed E-state index contributed by atoms with van der Waals surface area (Å²) in [5, 5.41) is 9.36. The molecule has 22 heavy (non-hydrogen) atoms. The second-order valence-corrected chi connectivity index (χ2v) is 8.15. The van der Waals surface area contributed by atoms with Crippen molar-refractivity contribution < 1.29 is 27.9 Å². The largest absolute Gasteiger partial charge is 0.481 e. The summed E-state index contributed by atoms with van der Waals surface area (Å²) in [6, 6.07) is 0. The van der Waals surface area contributed by atoms with Crippen LogP contribution in [0.5, 0.6) is 0 Å². The van der Waals surface area contributed by atoms with Gasteiger partial charge in [-0.25, -0.2) is 8.42 Å². The number of carbonyl (C=O) groups excluding carboxylic acids is 1. The number of rotatable bonds is 3. The second kappa shape index (κ2) is 5.47. The van der Waals surface area contributed by atoms with Crippen molar-refractivity contribution in [2.24, 2.45) is 11.8 Å². The van der Waals surface area contributed by atoms with Crippen LogP contribution in [0.3, 0.4) is 0 Å². The van der Waals surface area contributed by atoms with Gasteiger partial charge in [-0.15, -0.1) is 0 Å². The first-order valence-corrected chi connectivity index (χ1v) is 9.26. The fourth-order valence-electron chi connectivity index (χ4n) is 3.76. The third-order valence-corrected chi connectivity index (χ3v) is 6.17. The number of piperazine rings is 1. The number of nitrogens with zero attached hydrogens (tertiary/aromatic N) is 2. The fraction of sp³-hybridized carbons (Fsp3) is 0.846. The predicted molar refractivity (Wildman–Crippen MR) is 75.5 cm³/mol.